The molecule has 4 nitrogen and oxygen atoms in total. The molecule has 0 unspecified atom stereocenters. The van der Waals surface area contributed by atoms with Crippen LogP contribution in [0.1, 0.15) is 27.6 Å². The van der Waals surface area contributed by atoms with E-state index in [0.29, 0.717) is 5.56 Å². The number of Topliss-reactive ketones (excluding diaryl/α,β-unsaturated/α-hetero) is 1. The summed E-state index contributed by atoms with van der Waals surface area (Å²) in [5.41, 5.74) is 1.46. The maximum Gasteiger partial charge on any atom is 0.269 e. The van der Waals surface area contributed by atoms with E-state index in [9.17, 15) is 14.9 Å². The number of thioether (sulfide) groups is 1. The Kier molecular flexibility index (Phi) is 5.81. The van der Waals surface area contributed by atoms with E-state index in [1.165, 1.54) is 6.07 Å². The highest BCUT2D eigenvalue weighted by Crippen LogP contribution is 2.39. The van der Waals surface area contributed by atoms with Gasteiger partial charge < -0.3 is 0 Å². The summed E-state index contributed by atoms with van der Waals surface area (Å²) < 4.78 is 0. The second-order valence-electron chi connectivity index (χ2n) is 5.76. The monoisotopic (exact) mass is 363 g/mol. The first-order chi connectivity index (χ1) is 12.6. The standard InChI is InChI=1S/C21H17NO3S/c23-20(16-8-3-1-4-9-16)15-21(26-19-12-5-2-6-13-19)17-10-7-11-18(14-17)22(24)25/h1-14,21H,15H2/t21-/m0/s1. The summed E-state index contributed by atoms with van der Waals surface area (Å²) in [5.74, 6) is 0.0190. The lowest BCUT2D eigenvalue weighted by molar-refractivity contribution is -0.384. The molecule has 0 fully saturated rings. The highest BCUT2D eigenvalue weighted by Gasteiger charge is 2.20. The molecule has 0 aromatic heterocycles. The zero-order chi connectivity index (χ0) is 18.4. The molecule has 0 heterocycles. The smallest absolute Gasteiger partial charge is 0.269 e. The fraction of sp³-hybridized carbons (Fsp3) is 0.0952. The largest absolute Gasteiger partial charge is 0.294 e. The van der Waals surface area contributed by atoms with E-state index in [1.54, 1.807) is 36.0 Å². The van der Waals surface area contributed by atoms with Crippen LogP contribution in [0.4, 0.5) is 5.69 Å². The van der Waals surface area contributed by atoms with Crippen molar-refractivity contribution in [3.63, 3.8) is 0 Å². The summed E-state index contributed by atoms with van der Waals surface area (Å²) in [5, 5.41) is 10.9. The molecule has 1 atom stereocenters. The molecule has 3 aromatic carbocycles. The number of hydrogen-bond donors (Lipinski definition) is 0. The molecule has 0 saturated carbocycles. The Bertz CT molecular complexity index is 897. The molecule has 0 aliphatic heterocycles. The predicted octanol–water partition coefficient (Wildman–Crippen LogP) is 5.70. The van der Waals surface area contributed by atoms with Crippen LogP contribution in [0.25, 0.3) is 0 Å². The van der Waals surface area contributed by atoms with E-state index in [0.717, 1.165) is 10.5 Å². The Labute approximate surface area is 156 Å². The van der Waals surface area contributed by atoms with Crippen molar-refractivity contribution in [2.24, 2.45) is 0 Å². The fourth-order valence-corrected chi connectivity index (χ4v) is 3.80. The lowest BCUT2D eigenvalue weighted by Crippen LogP contribution is -2.06. The first-order valence-corrected chi connectivity index (χ1v) is 9.06. The summed E-state index contributed by atoms with van der Waals surface area (Å²) in [6.07, 6.45) is 0.269. The molecule has 0 N–H and O–H groups in total. The summed E-state index contributed by atoms with van der Waals surface area (Å²) in [6, 6.07) is 25.4. The van der Waals surface area contributed by atoms with Crippen LogP contribution in [-0.2, 0) is 0 Å². The second kappa shape index (κ2) is 8.45. The van der Waals surface area contributed by atoms with Gasteiger partial charge in [-0.2, -0.15) is 0 Å². The summed E-state index contributed by atoms with van der Waals surface area (Å²) in [4.78, 5) is 24.4. The highest BCUT2D eigenvalue weighted by atomic mass is 32.2. The van der Waals surface area contributed by atoms with Crippen LogP contribution in [0.3, 0.4) is 0 Å². The number of nitrogens with zero attached hydrogens (tertiary/aromatic N) is 1. The van der Waals surface area contributed by atoms with Gasteiger partial charge in [-0.05, 0) is 17.7 Å². The Balaban J connectivity index is 1.90. The van der Waals surface area contributed by atoms with E-state index in [-0.39, 0.29) is 23.1 Å². The van der Waals surface area contributed by atoms with Crippen LogP contribution in [0.5, 0.6) is 0 Å². The van der Waals surface area contributed by atoms with E-state index in [4.69, 9.17) is 0 Å². The van der Waals surface area contributed by atoms with Gasteiger partial charge in [0.1, 0.15) is 0 Å². The Morgan fingerprint density at radius 3 is 2.23 bits per heavy atom. The summed E-state index contributed by atoms with van der Waals surface area (Å²) in [7, 11) is 0. The molecule has 3 aromatic rings. The van der Waals surface area contributed by atoms with Gasteiger partial charge in [0.15, 0.2) is 5.78 Å². The molecular weight excluding hydrogens is 346 g/mol. The highest BCUT2D eigenvalue weighted by molar-refractivity contribution is 7.99. The minimum absolute atomic E-state index is 0.0190. The van der Waals surface area contributed by atoms with E-state index in [1.807, 2.05) is 54.6 Å². The topological polar surface area (TPSA) is 60.2 Å². The van der Waals surface area contributed by atoms with Crippen LogP contribution >= 0.6 is 11.8 Å². The van der Waals surface area contributed by atoms with Gasteiger partial charge in [-0.3, -0.25) is 14.9 Å². The molecule has 0 radical (unpaired) electrons. The van der Waals surface area contributed by atoms with Crippen LogP contribution in [0.15, 0.2) is 89.8 Å². The van der Waals surface area contributed by atoms with Crippen molar-refractivity contribution in [3.05, 3.63) is 106 Å². The van der Waals surface area contributed by atoms with Crippen LogP contribution < -0.4 is 0 Å². The molecule has 26 heavy (non-hydrogen) atoms. The Hall–Kier alpha value is -2.92. The second-order valence-corrected chi connectivity index (χ2v) is 7.04. The van der Waals surface area contributed by atoms with E-state index in [2.05, 4.69) is 0 Å². The van der Waals surface area contributed by atoms with Crippen molar-refractivity contribution in [2.45, 2.75) is 16.6 Å². The number of carbonyl (C=O) groups is 1. The van der Waals surface area contributed by atoms with Crippen LogP contribution in [-0.4, -0.2) is 10.7 Å². The number of hydrogen-bond acceptors (Lipinski definition) is 4. The molecule has 0 aliphatic carbocycles. The van der Waals surface area contributed by atoms with E-state index < -0.39 is 4.92 Å². The molecule has 0 spiro atoms. The van der Waals surface area contributed by atoms with Gasteiger partial charge in [0.05, 0.1) is 4.92 Å². The number of carbonyl (C=O) groups excluding carboxylic acids is 1. The quantitative estimate of drug-likeness (QED) is 0.234. The first-order valence-electron chi connectivity index (χ1n) is 8.18. The van der Waals surface area contributed by atoms with Crippen molar-refractivity contribution in [1.82, 2.24) is 0 Å². The lowest BCUT2D eigenvalue weighted by Gasteiger charge is -2.16. The number of nitro benzene ring substituents is 1. The third-order valence-electron chi connectivity index (χ3n) is 3.94. The molecule has 3 rings (SSSR count). The van der Waals surface area contributed by atoms with Gasteiger partial charge in [-0.1, -0.05) is 60.7 Å². The SMILES string of the molecule is O=C(C[C@H](Sc1ccccc1)c1cccc([N+](=O)[O-])c1)c1ccccc1. The molecule has 5 heteroatoms. The van der Waals surface area contributed by atoms with Crippen molar-refractivity contribution in [2.75, 3.05) is 0 Å². The van der Waals surface area contributed by atoms with Gasteiger partial charge >= 0.3 is 0 Å². The molecule has 0 amide bonds. The number of benzene rings is 3. The summed E-state index contributed by atoms with van der Waals surface area (Å²) in [6.45, 7) is 0. The summed E-state index contributed by atoms with van der Waals surface area (Å²) >= 11 is 1.54. The zero-order valence-corrected chi connectivity index (χ0v) is 14.8. The fourth-order valence-electron chi connectivity index (χ4n) is 2.64. The minimum Gasteiger partial charge on any atom is -0.294 e. The molecule has 0 aliphatic rings. The number of ketones is 1. The predicted molar refractivity (Wildman–Crippen MR) is 104 cm³/mol. The van der Waals surface area contributed by atoms with Crippen molar-refractivity contribution in [1.29, 1.82) is 0 Å². The van der Waals surface area contributed by atoms with Crippen LogP contribution in [0.2, 0.25) is 0 Å². The lowest BCUT2D eigenvalue weighted by atomic mass is 10.0. The number of rotatable bonds is 7. The third kappa shape index (κ3) is 4.58. The average Bonchev–Trinajstić information content (AvgIpc) is 2.69. The van der Waals surface area contributed by atoms with E-state index >= 15 is 0 Å². The molecule has 0 saturated heterocycles. The molecular formula is C21H17NO3S. The van der Waals surface area contributed by atoms with Crippen LogP contribution in [0, 0.1) is 10.1 Å². The molecule has 0 bridgehead atoms. The maximum absolute atomic E-state index is 12.7. The van der Waals surface area contributed by atoms with Gasteiger partial charge in [0, 0.05) is 34.3 Å². The molecule has 130 valence electrons. The van der Waals surface area contributed by atoms with Gasteiger partial charge in [-0.15, -0.1) is 11.8 Å². The van der Waals surface area contributed by atoms with Gasteiger partial charge in [-0.25, -0.2) is 0 Å². The van der Waals surface area contributed by atoms with Gasteiger partial charge in [0.2, 0.25) is 0 Å². The minimum atomic E-state index is -0.410. The maximum atomic E-state index is 12.7. The first kappa shape index (κ1) is 17.9. The van der Waals surface area contributed by atoms with Crippen molar-refractivity contribution in [3.8, 4) is 0 Å². The van der Waals surface area contributed by atoms with Crippen molar-refractivity contribution >= 4 is 23.2 Å². The average molecular weight is 363 g/mol. The van der Waals surface area contributed by atoms with Crippen molar-refractivity contribution < 1.29 is 9.72 Å². The Morgan fingerprint density at radius 2 is 1.58 bits per heavy atom. The number of non-ortho nitro benzene ring substituents is 1. The van der Waals surface area contributed by atoms with Gasteiger partial charge in [0.25, 0.3) is 5.69 Å². The third-order valence-corrected chi connectivity index (χ3v) is 5.21. The number of nitro groups is 1. The normalized spacial score (nSPS) is 11.7. The Morgan fingerprint density at radius 1 is 0.923 bits per heavy atom. The zero-order valence-electron chi connectivity index (χ0n) is 13.9.